The van der Waals surface area contributed by atoms with Gasteiger partial charge in [0.05, 0.1) is 14.2 Å². The molecule has 0 spiro atoms. The van der Waals surface area contributed by atoms with E-state index in [4.69, 9.17) is 9.47 Å². The first-order chi connectivity index (χ1) is 14.0. The monoisotopic (exact) mass is 405 g/mol. The molecule has 0 saturated carbocycles. The fourth-order valence-corrected chi connectivity index (χ4v) is 2.95. The number of ether oxygens (including phenoxy) is 2. The van der Waals surface area contributed by atoms with Crippen LogP contribution in [-0.2, 0) is 12.8 Å². The summed E-state index contributed by atoms with van der Waals surface area (Å²) in [5.41, 5.74) is 1.72. The Hall–Kier alpha value is -2.83. The zero-order valence-electron chi connectivity index (χ0n) is 17.5. The van der Waals surface area contributed by atoms with Crippen LogP contribution < -0.4 is 14.8 Å². The third-order valence-electron chi connectivity index (χ3n) is 4.46. The zero-order valence-corrected chi connectivity index (χ0v) is 17.5. The number of nitrogens with zero attached hydrogens (tertiary/aromatic N) is 2. The van der Waals surface area contributed by atoms with E-state index < -0.39 is 11.6 Å². The molecule has 0 radical (unpaired) electrons. The lowest BCUT2D eigenvalue weighted by Gasteiger charge is -2.22. The fourth-order valence-electron chi connectivity index (χ4n) is 2.95. The molecule has 0 unspecified atom stereocenters. The Morgan fingerprint density at radius 3 is 2.28 bits per heavy atom. The van der Waals surface area contributed by atoms with Gasteiger partial charge in [-0.3, -0.25) is 4.99 Å². The number of guanidine groups is 1. The molecule has 0 aliphatic rings. The maximum atomic E-state index is 13.3. The summed E-state index contributed by atoms with van der Waals surface area (Å²) in [4.78, 5) is 6.62. The SMILES string of the molecule is CCNC(=NCCc1cc(F)cc(F)c1)N(C)CCc1ccc(OC)c(OC)c1. The molecule has 0 atom stereocenters. The molecule has 5 nitrogen and oxygen atoms in total. The molecule has 0 aliphatic carbocycles. The molecule has 29 heavy (non-hydrogen) atoms. The first kappa shape index (κ1) is 22.5. The van der Waals surface area contributed by atoms with Gasteiger partial charge in [0.15, 0.2) is 17.5 Å². The van der Waals surface area contributed by atoms with Gasteiger partial charge in [-0.1, -0.05) is 6.07 Å². The van der Waals surface area contributed by atoms with Gasteiger partial charge in [-0.25, -0.2) is 8.78 Å². The smallest absolute Gasteiger partial charge is 0.193 e. The minimum absolute atomic E-state index is 0.436. The summed E-state index contributed by atoms with van der Waals surface area (Å²) in [7, 11) is 5.20. The summed E-state index contributed by atoms with van der Waals surface area (Å²) >= 11 is 0. The van der Waals surface area contributed by atoms with E-state index >= 15 is 0 Å². The number of likely N-dealkylation sites (N-methyl/N-ethyl adjacent to an activating group) is 1. The Labute approximate surface area is 171 Å². The van der Waals surface area contributed by atoms with Crippen molar-refractivity contribution < 1.29 is 18.3 Å². The summed E-state index contributed by atoms with van der Waals surface area (Å²) in [5, 5.41) is 3.25. The highest BCUT2D eigenvalue weighted by molar-refractivity contribution is 5.79. The topological polar surface area (TPSA) is 46.1 Å². The highest BCUT2D eigenvalue weighted by atomic mass is 19.1. The van der Waals surface area contributed by atoms with Crippen molar-refractivity contribution in [3.05, 3.63) is 59.2 Å². The van der Waals surface area contributed by atoms with Crippen LogP contribution in [0.2, 0.25) is 0 Å². The molecule has 7 heteroatoms. The molecule has 0 amide bonds. The van der Waals surface area contributed by atoms with Crippen LogP contribution in [0.4, 0.5) is 8.78 Å². The molecule has 0 bridgehead atoms. The third-order valence-corrected chi connectivity index (χ3v) is 4.46. The van der Waals surface area contributed by atoms with Crippen LogP contribution in [0.15, 0.2) is 41.4 Å². The lowest BCUT2D eigenvalue weighted by Crippen LogP contribution is -2.40. The van der Waals surface area contributed by atoms with Gasteiger partial charge in [0.1, 0.15) is 11.6 Å². The number of hydrogen-bond donors (Lipinski definition) is 1. The van der Waals surface area contributed by atoms with Gasteiger partial charge in [-0.15, -0.1) is 0 Å². The molecule has 2 rings (SSSR count). The van der Waals surface area contributed by atoms with E-state index in [1.165, 1.54) is 12.1 Å². The van der Waals surface area contributed by atoms with Gasteiger partial charge in [0.2, 0.25) is 0 Å². The van der Waals surface area contributed by atoms with E-state index in [0.29, 0.717) is 30.0 Å². The van der Waals surface area contributed by atoms with Crippen molar-refractivity contribution >= 4 is 5.96 Å². The number of nitrogens with one attached hydrogen (secondary N) is 1. The summed E-state index contributed by atoms with van der Waals surface area (Å²) in [6.07, 6.45) is 1.27. The van der Waals surface area contributed by atoms with E-state index in [1.54, 1.807) is 14.2 Å². The van der Waals surface area contributed by atoms with E-state index in [-0.39, 0.29) is 0 Å². The van der Waals surface area contributed by atoms with E-state index in [2.05, 4.69) is 10.3 Å². The third kappa shape index (κ3) is 6.93. The van der Waals surface area contributed by atoms with Crippen LogP contribution in [0.3, 0.4) is 0 Å². The fraction of sp³-hybridized carbons (Fsp3) is 0.409. The van der Waals surface area contributed by atoms with Crippen LogP contribution in [-0.4, -0.2) is 51.8 Å². The summed E-state index contributed by atoms with van der Waals surface area (Å²) < 4.78 is 37.3. The Balaban J connectivity index is 1.97. The van der Waals surface area contributed by atoms with Gasteiger partial charge in [0, 0.05) is 32.7 Å². The quantitative estimate of drug-likeness (QED) is 0.511. The number of halogens is 2. The highest BCUT2D eigenvalue weighted by Gasteiger charge is 2.09. The average molecular weight is 405 g/mol. The van der Waals surface area contributed by atoms with Gasteiger partial charge >= 0.3 is 0 Å². The molecule has 0 saturated heterocycles. The number of aliphatic imine (C=N–C) groups is 1. The summed E-state index contributed by atoms with van der Waals surface area (Å²) in [5.74, 6) is 1.03. The Morgan fingerprint density at radius 2 is 1.66 bits per heavy atom. The van der Waals surface area contributed by atoms with Crippen molar-refractivity contribution in [3.8, 4) is 11.5 Å². The molecule has 0 aliphatic heterocycles. The molecule has 2 aromatic carbocycles. The molecule has 0 aromatic heterocycles. The minimum atomic E-state index is -0.567. The molecular formula is C22H29F2N3O2. The van der Waals surface area contributed by atoms with Crippen molar-refractivity contribution in [1.29, 1.82) is 0 Å². The number of rotatable bonds is 9. The number of benzene rings is 2. The Morgan fingerprint density at radius 1 is 0.966 bits per heavy atom. The standard InChI is InChI=1S/C22H29F2N3O2/c1-5-25-22(26-10-8-17-12-18(23)15-19(24)13-17)27(2)11-9-16-6-7-20(28-3)21(14-16)29-4/h6-7,12-15H,5,8-11H2,1-4H3,(H,25,26). The summed E-state index contributed by atoms with van der Waals surface area (Å²) in [6.45, 7) is 3.91. The number of methoxy groups -OCH3 is 2. The maximum absolute atomic E-state index is 13.3. The van der Waals surface area contributed by atoms with Crippen LogP contribution in [0.25, 0.3) is 0 Å². The molecular weight excluding hydrogens is 376 g/mol. The Bertz CT molecular complexity index is 807. The lowest BCUT2D eigenvalue weighted by atomic mass is 10.1. The van der Waals surface area contributed by atoms with E-state index in [0.717, 1.165) is 37.1 Å². The minimum Gasteiger partial charge on any atom is -0.493 e. The van der Waals surface area contributed by atoms with Crippen LogP contribution in [0, 0.1) is 11.6 Å². The first-order valence-corrected chi connectivity index (χ1v) is 9.62. The second-order valence-corrected chi connectivity index (χ2v) is 6.62. The van der Waals surface area contributed by atoms with E-state index in [9.17, 15) is 8.78 Å². The largest absolute Gasteiger partial charge is 0.493 e. The summed E-state index contributed by atoms with van der Waals surface area (Å²) in [6, 6.07) is 9.43. The van der Waals surface area contributed by atoms with E-state index in [1.807, 2.05) is 37.1 Å². The lowest BCUT2D eigenvalue weighted by molar-refractivity contribution is 0.354. The number of hydrogen-bond acceptors (Lipinski definition) is 3. The molecule has 2 aromatic rings. The predicted molar refractivity (Wildman–Crippen MR) is 112 cm³/mol. The molecule has 1 N–H and O–H groups in total. The molecule has 0 fully saturated rings. The predicted octanol–water partition coefficient (Wildman–Crippen LogP) is 3.66. The van der Waals surface area contributed by atoms with Crippen LogP contribution in [0.5, 0.6) is 11.5 Å². The molecule has 158 valence electrons. The van der Waals surface area contributed by atoms with Crippen molar-refractivity contribution in [2.75, 3.05) is 40.9 Å². The van der Waals surface area contributed by atoms with Crippen molar-refractivity contribution in [2.24, 2.45) is 4.99 Å². The second-order valence-electron chi connectivity index (χ2n) is 6.62. The van der Waals surface area contributed by atoms with Crippen molar-refractivity contribution in [3.63, 3.8) is 0 Å². The first-order valence-electron chi connectivity index (χ1n) is 9.62. The Kier molecular flexibility index (Phi) is 8.70. The van der Waals surface area contributed by atoms with Gasteiger partial charge in [-0.05, 0) is 55.2 Å². The molecule has 0 heterocycles. The highest BCUT2D eigenvalue weighted by Crippen LogP contribution is 2.27. The van der Waals surface area contributed by atoms with Crippen LogP contribution in [0.1, 0.15) is 18.1 Å². The van der Waals surface area contributed by atoms with Gasteiger partial charge in [-0.2, -0.15) is 0 Å². The zero-order chi connectivity index (χ0) is 21.2. The second kappa shape index (κ2) is 11.2. The van der Waals surface area contributed by atoms with Gasteiger partial charge in [0.25, 0.3) is 0 Å². The van der Waals surface area contributed by atoms with Crippen LogP contribution >= 0.6 is 0 Å². The van der Waals surface area contributed by atoms with Gasteiger partial charge < -0.3 is 19.7 Å². The maximum Gasteiger partial charge on any atom is 0.193 e. The van der Waals surface area contributed by atoms with Crippen molar-refractivity contribution in [1.82, 2.24) is 10.2 Å². The average Bonchev–Trinajstić information content (AvgIpc) is 2.70. The normalized spacial score (nSPS) is 11.3. The van der Waals surface area contributed by atoms with Crippen molar-refractivity contribution in [2.45, 2.75) is 19.8 Å².